The summed E-state index contributed by atoms with van der Waals surface area (Å²) in [5.41, 5.74) is -0.950. The van der Waals surface area contributed by atoms with Crippen LogP contribution in [0, 0.1) is 5.82 Å². The van der Waals surface area contributed by atoms with Crippen LogP contribution in [0.15, 0.2) is 36.4 Å². The molecular weight excluding hydrogens is 312 g/mol. The molecular formula is C14H9ClF4O2. The topological polar surface area (TPSA) is 29.5 Å². The van der Waals surface area contributed by atoms with Crippen molar-refractivity contribution in [3.05, 3.63) is 58.4 Å². The molecule has 0 spiro atoms. The van der Waals surface area contributed by atoms with Crippen LogP contribution >= 0.6 is 11.6 Å². The predicted molar refractivity (Wildman–Crippen MR) is 68.9 cm³/mol. The van der Waals surface area contributed by atoms with Gasteiger partial charge in [-0.15, -0.1) is 0 Å². The molecule has 0 heterocycles. The fourth-order valence-electron chi connectivity index (χ4n) is 1.66. The Hall–Kier alpha value is -1.79. The minimum Gasteiger partial charge on any atom is -0.455 e. The van der Waals surface area contributed by atoms with E-state index in [2.05, 4.69) is 0 Å². The van der Waals surface area contributed by atoms with Gasteiger partial charge in [-0.25, -0.2) is 4.39 Å². The lowest BCUT2D eigenvalue weighted by Gasteiger charge is -2.15. The van der Waals surface area contributed by atoms with Crippen LogP contribution in [0.2, 0.25) is 5.02 Å². The number of rotatable bonds is 3. The normalized spacial score (nSPS) is 11.5. The van der Waals surface area contributed by atoms with Gasteiger partial charge in [0.25, 0.3) is 0 Å². The van der Waals surface area contributed by atoms with Crippen LogP contribution in [-0.4, -0.2) is 5.11 Å². The zero-order valence-corrected chi connectivity index (χ0v) is 11.2. The van der Waals surface area contributed by atoms with E-state index in [9.17, 15) is 17.6 Å². The number of halogens is 5. The third kappa shape index (κ3) is 3.65. The van der Waals surface area contributed by atoms with E-state index in [0.717, 1.165) is 30.3 Å². The molecule has 2 rings (SSSR count). The molecule has 0 aliphatic carbocycles. The second kappa shape index (κ2) is 5.91. The van der Waals surface area contributed by atoms with E-state index in [0.29, 0.717) is 0 Å². The molecule has 0 aliphatic rings. The molecule has 1 N–H and O–H groups in total. The Morgan fingerprint density at radius 3 is 2.29 bits per heavy atom. The Labute approximate surface area is 122 Å². The zero-order chi connectivity index (χ0) is 15.6. The molecule has 2 aromatic rings. The van der Waals surface area contributed by atoms with Crippen LogP contribution in [0.4, 0.5) is 17.6 Å². The largest absolute Gasteiger partial charge is 0.455 e. The maximum absolute atomic E-state index is 13.0. The Kier molecular flexibility index (Phi) is 4.39. The lowest BCUT2D eigenvalue weighted by Crippen LogP contribution is -2.08. The highest BCUT2D eigenvalue weighted by molar-refractivity contribution is 6.32. The maximum Gasteiger partial charge on any atom is 0.419 e. The molecule has 2 nitrogen and oxygen atoms in total. The molecule has 0 amide bonds. The minimum atomic E-state index is -4.66. The number of hydrogen-bond donors (Lipinski definition) is 1. The van der Waals surface area contributed by atoms with Gasteiger partial charge in [0.15, 0.2) is 0 Å². The van der Waals surface area contributed by atoms with Gasteiger partial charge in [-0.1, -0.05) is 17.7 Å². The first-order valence-corrected chi connectivity index (χ1v) is 6.13. The molecule has 0 aromatic heterocycles. The van der Waals surface area contributed by atoms with E-state index >= 15 is 0 Å². The Morgan fingerprint density at radius 2 is 1.71 bits per heavy atom. The minimum absolute atomic E-state index is 0.0969. The fraction of sp³-hybridized carbons (Fsp3) is 0.143. The molecule has 0 bridgehead atoms. The summed E-state index contributed by atoms with van der Waals surface area (Å²) in [5.74, 6) is -1.20. The molecule has 7 heteroatoms. The van der Waals surface area contributed by atoms with Crippen LogP contribution in [0.25, 0.3) is 0 Å². The first kappa shape index (κ1) is 15.6. The first-order chi connectivity index (χ1) is 9.81. The van der Waals surface area contributed by atoms with Gasteiger partial charge in [-0.05, 0) is 35.9 Å². The van der Waals surface area contributed by atoms with Gasteiger partial charge < -0.3 is 9.84 Å². The van der Waals surface area contributed by atoms with Crippen LogP contribution in [0.3, 0.4) is 0 Å². The Bertz CT molecular complexity index is 656. The van der Waals surface area contributed by atoms with Gasteiger partial charge in [0, 0.05) is 0 Å². The summed E-state index contributed by atoms with van der Waals surface area (Å²) in [6.45, 7) is -0.527. The molecule has 0 fully saturated rings. The lowest BCUT2D eigenvalue weighted by atomic mass is 10.1. The average molecular weight is 321 g/mol. The molecule has 0 aliphatic heterocycles. The lowest BCUT2D eigenvalue weighted by molar-refractivity contribution is -0.138. The van der Waals surface area contributed by atoms with E-state index in [-0.39, 0.29) is 16.3 Å². The van der Waals surface area contributed by atoms with Gasteiger partial charge >= 0.3 is 6.18 Å². The summed E-state index contributed by atoms with van der Waals surface area (Å²) in [6.07, 6.45) is -4.66. The molecule has 0 unspecified atom stereocenters. The number of hydrogen-bond acceptors (Lipinski definition) is 2. The highest BCUT2D eigenvalue weighted by Crippen LogP contribution is 2.40. The average Bonchev–Trinajstić information content (AvgIpc) is 2.41. The zero-order valence-electron chi connectivity index (χ0n) is 10.4. The Morgan fingerprint density at radius 1 is 1.05 bits per heavy atom. The molecule has 21 heavy (non-hydrogen) atoms. The SMILES string of the molecule is OCc1ccc(Oc2ccc(F)cc2Cl)c(C(F)(F)F)c1. The van der Waals surface area contributed by atoms with Crippen LogP contribution in [0.1, 0.15) is 11.1 Å². The predicted octanol–water partition coefficient (Wildman–Crippen LogP) is 4.78. The second-order valence-corrected chi connectivity index (χ2v) is 4.57. The summed E-state index contributed by atoms with van der Waals surface area (Å²) in [7, 11) is 0. The highest BCUT2D eigenvalue weighted by atomic mass is 35.5. The fourth-order valence-corrected chi connectivity index (χ4v) is 1.87. The molecule has 112 valence electrons. The number of alkyl halides is 3. The number of ether oxygens (including phenoxy) is 1. The van der Waals surface area contributed by atoms with Gasteiger partial charge in [-0.3, -0.25) is 0 Å². The van der Waals surface area contributed by atoms with Crippen molar-refractivity contribution in [2.75, 3.05) is 0 Å². The van der Waals surface area contributed by atoms with E-state index in [4.69, 9.17) is 21.4 Å². The third-order valence-corrected chi connectivity index (χ3v) is 2.94. The number of aliphatic hydroxyl groups is 1. The van der Waals surface area contributed by atoms with Gasteiger partial charge in [-0.2, -0.15) is 13.2 Å². The van der Waals surface area contributed by atoms with Crippen molar-refractivity contribution in [3.8, 4) is 11.5 Å². The van der Waals surface area contributed by atoms with Crippen LogP contribution in [0.5, 0.6) is 11.5 Å². The van der Waals surface area contributed by atoms with E-state index < -0.39 is 29.9 Å². The summed E-state index contributed by atoms with van der Waals surface area (Å²) in [4.78, 5) is 0. The summed E-state index contributed by atoms with van der Waals surface area (Å²) in [5, 5.41) is 8.77. The van der Waals surface area contributed by atoms with Crippen molar-refractivity contribution in [2.24, 2.45) is 0 Å². The summed E-state index contributed by atoms with van der Waals surface area (Å²) < 4.78 is 57.0. The monoisotopic (exact) mass is 320 g/mol. The van der Waals surface area contributed by atoms with Gasteiger partial charge in [0.1, 0.15) is 17.3 Å². The molecule has 0 radical (unpaired) electrons. The van der Waals surface area contributed by atoms with E-state index in [1.54, 1.807) is 0 Å². The van der Waals surface area contributed by atoms with Gasteiger partial charge in [0.05, 0.1) is 17.2 Å². The van der Waals surface area contributed by atoms with Crippen molar-refractivity contribution < 1.29 is 27.4 Å². The van der Waals surface area contributed by atoms with Crippen LogP contribution in [-0.2, 0) is 12.8 Å². The molecule has 2 aromatic carbocycles. The summed E-state index contributed by atoms with van der Waals surface area (Å²) in [6, 6.07) is 6.25. The highest BCUT2D eigenvalue weighted by Gasteiger charge is 2.35. The van der Waals surface area contributed by atoms with Crippen molar-refractivity contribution in [1.29, 1.82) is 0 Å². The molecule has 0 saturated heterocycles. The van der Waals surface area contributed by atoms with Crippen molar-refractivity contribution in [3.63, 3.8) is 0 Å². The van der Waals surface area contributed by atoms with Crippen molar-refractivity contribution in [2.45, 2.75) is 12.8 Å². The second-order valence-electron chi connectivity index (χ2n) is 4.16. The summed E-state index contributed by atoms with van der Waals surface area (Å²) >= 11 is 5.72. The van der Waals surface area contributed by atoms with Gasteiger partial charge in [0.2, 0.25) is 0 Å². The van der Waals surface area contributed by atoms with E-state index in [1.165, 1.54) is 6.07 Å². The van der Waals surface area contributed by atoms with Crippen molar-refractivity contribution in [1.82, 2.24) is 0 Å². The molecule has 0 atom stereocenters. The van der Waals surface area contributed by atoms with Crippen molar-refractivity contribution >= 4 is 11.6 Å². The number of aliphatic hydroxyl groups excluding tert-OH is 1. The maximum atomic E-state index is 13.0. The Balaban J connectivity index is 2.44. The smallest absolute Gasteiger partial charge is 0.419 e. The first-order valence-electron chi connectivity index (χ1n) is 5.75. The standard InChI is InChI=1S/C14H9ClF4O2/c15-11-6-9(16)2-4-13(11)21-12-3-1-8(7-20)5-10(12)14(17,18)19/h1-6,20H,7H2. The number of benzene rings is 2. The quantitative estimate of drug-likeness (QED) is 0.824. The third-order valence-electron chi connectivity index (χ3n) is 2.65. The van der Waals surface area contributed by atoms with E-state index in [1.807, 2.05) is 0 Å². The molecule has 0 saturated carbocycles. The van der Waals surface area contributed by atoms with Crippen LogP contribution < -0.4 is 4.74 Å².